The topological polar surface area (TPSA) is 51.4 Å². The number of aromatic nitrogens is 1. The fourth-order valence-corrected chi connectivity index (χ4v) is 3.50. The highest BCUT2D eigenvalue weighted by Crippen LogP contribution is 2.37. The van der Waals surface area contributed by atoms with E-state index in [-0.39, 0.29) is 10.8 Å². The van der Waals surface area contributed by atoms with Crippen LogP contribution in [-0.4, -0.2) is 19.1 Å². The standard InChI is InChI=1S/C21H20Cl2FN3O/c1-12(19-16(22)8-9-17(24)20(19)23)28-18-10-14(11-26-21(18)25)13-4-6-15(7-5-13)27(2)3/h4-12H,1-3H3,(H2,25,26). The lowest BCUT2D eigenvalue weighted by molar-refractivity contribution is 0.227. The van der Waals surface area contributed by atoms with E-state index in [1.807, 2.05) is 43.3 Å². The van der Waals surface area contributed by atoms with Gasteiger partial charge in [0.2, 0.25) is 0 Å². The Bertz CT molecular complexity index is 994. The lowest BCUT2D eigenvalue weighted by Gasteiger charge is -2.19. The summed E-state index contributed by atoms with van der Waals surface area (Å²) >= 11 is 12.3. The van der Waals surface area contributed by atoms with Gasteiger partial charge in [-0.3, -0.25) is 0 Å². The molecule has 1 heterocycles. The molecule has 3 aromatic rings. The predicted molar refractivity (Wildman–Crippen MR) is 114 cm³/mol. The molecule has 0 aliphatic heterocycles. The normalized spacial score (nSPS) is 11.9. The fourth-order valence-electron chi connectivity index (χ4n) is 2.82. The van der Waals surface area contributed by atoms with E-state index in [1.54, 1.807) is 19.2 Å². The van der Waals surface area contributed by atoms with Crippen LogP contribution >= 0.6 is 23.2 Å². The zero-order chi connectivity index (χ0) is 20.4. The van der Waals surface area contributed by atoms with Gasteiger partial charge in [0.15, 0.2) is 11.6 Å². The first-order valence-corrected chi connectivity index (χ1v) is 9.37. The number of pyridine rings is 1. The molecule has 3 rings (SSSR count). The molecule has 0 aliphatic carbocycles. The zero-order valence-electron chi connectivity index (χ0n) is 15.7. The lowest BCUT2D eigenvalue weighted by atomic mass is 10.1. The number of halogens is 3. The van der Waals surface area contributed by atoms with Crippen molar-refractivity contribution in [3.8, 4) is 16.9 Å². The largest absolute Gasteiger partial charge is 0.482 e. The van der Waals surface area contributed by atoms with Crippen LogP contribution in [0.3, 0.4) is 0 Å². The minimum absolute atomic E-state index is 0.0676. The van der Waals surface area contributed by atoms with Crippen LogP contribution in [0.1, 0.15) is 18.6 Å². The first-order valence-electron chi connectivity index (χ1n) is 8.61. The summed E-state index contributed by atoms with van der Waals surface area (Å²) in [5, 5.41) is 0.253. The van der Waals surface area contributed by atoms with Crippen LogP contribution in [0.25, 0.3) is 11.1 Å². The molecular weight excluding hydrogens is 400 g/mol. The molecule has 0 fully saturated rings. The van der Waals surface area contributed by atoms with Crippen molar-refractivity contribution in [3.63, 3.8) is 0 Å². The number of rotatable bonds is 5. The van der Waals surface area contributed by atoms with Gasteiger partial charge in [-0.15, -0.1) is 0 Å². The summed E-state index contributed by atoms with van der Waals surface area (Å²) in [6, 6.07) is 12.5. The summed E-state index contributed by atoms with van der Waals surface area (Å²) in [6.45, 7) is 1.73. The summed E-state index contributed by atoms with van der Waals surface area (Å²) in [5.41, 5.74) is 9.25. The third-order valence-corrected chi connectivity index (χ3v) is 5.10. The van der Waals surface area contributed by atoms with Crippen molar-refractivity contribution in [2.45, 2.75) is 13.0 Å². The minimum Gasteiger partial charge on any atom is -0.482 e. The first-order chi connectivity index (χ1) is 13.3. The van der Waals surface area contributed by atoms with Crippen LogP contribution in [0, 0.1) is 5.82 Å². The van der Waals surface area contributed by atoms with Crippen molar-refractivity contribution in [1.82, 2.24) is 4.98 Å². The zero-order valence-corrected chi connectivity index (χ0v) is 17.2. The van der Waals surface area contributed by atoms with Gasteiger partial charge in [0.1, 0.15) is 11.9 Å². The molecule has 4 nitrogen and oxygen atoms in total. The molecule has 1 unspecified atom stereocenters. The summed E-state index contributed by atoms with van der Waals surface area (Å²) in [6.07, 6.45) is 1.06. The van der Waals surface area contributed by atoms with E-state index in [4.69, 9.17) is 33.7 Å². The van der Waals surface area contributed by atoms with Gasteiger partial charge in [-0.2, -0.15) is 0 Å². The van der Waals surface area contributed by atoms with Crippen molar-refractivity contribution >= 4 is 34.7 Å². The summed E-state index contributed by atoms with van der Waals surface area (Å²) < 4.78 is 19.8. The van der Waals surface area contributed by atoms with Crippen molar-refractivity contribution in [2.75, 3.05) is 24.7 Å². The average molecular weight is 420 g/mol. The maximum atomic E-state index is 13.8. The molecule has 0 saturated carbocycles. The number of anilines is 2. The van der Waals surface area contributed by atoms with Gasteiger partial charge < -0.3 is 15.4 Å². The Labute approximate surface area is 173 Å². The summed E-state index contributed by atoms with van der Waals surface area (Å²) in [4.78, 5) is 6.25. The van der Waals surface area contributed by atoms with Gasteiger partial charge >= 0.3 is 0 Å². The van der Waals surface area contributed by atoms with Gasteiger partial charge in [-0.1, -0.05) is 35.3 Å². The van der Waals surface area contributed by atoms with Crippen LogP contribution in [-0.2, 0) is 0 Å². The molecule has 146 valence electrons. The van der Waals surface area contributed by atoms with Crippen LogP contribution < -0.4 is 15.4 Å². The molecule has 0 saturated heterocycles. The molecular formula is C21H20Cl2FN3O. The second-order valence-corrected chi connectivity index (χ2v) is 7.35. The Balaban J connectivity index is 1.91. The molecule has 7 heteroatoms. The molecule has 1 aromatic heterocycles. The van der Waals surface area contributed by atoms with Crippen molar-refractivity contribution in [3.05, 3.63) is 70.1 Å². The molecule has 1 atom stereocenters. The quantitative estimate of drug-likeness (QED) is 0.516. The predicted octanol–water partition coefficient (Wildman–Crippen LogP) is 5.98. The maximum absolute atomic E-state index is 13.8. The molecule has 0 radical (unpaired) electrons. The Morgan fingerprint density at radius 1 is 1.07 bits per heavy atom. The Morgan fingerprint density at radius 3 is 2.39 bits per heavy atom. The van der Waals surface area contributed by atoms with Gasteiger partial charge in [-0.25, -0.2) is 9.37 Å². The number of hydrogen-bond donors (Lipinski definition) is 1. The SMILES string of the molecule is CC(Oc1cc(-c2ccc(N(C)C)cc2)cnc1N)c1c(Cl)ccc(F)c1Cl. The lowest BCUT2D eigenvalue weighted by Crippen LogP contribution is -2.08. The number of ether oxygens (including phenoxy) is 1. The maximum Gasteiger partial charge on any atom is 0.166 e. The molecule has 0 bridgehead atoms. The van der Waals surface area contributed by atoms with Crippen LogP contribution in [0.15, 0.2) is 48.7 Å². The van der Waals surface area contributed by atoms with E-state index in [9.17, 15) is 4.39 Å². The minimum atomic E-state index is -0.619. The fraction of sp³-hybridized carbons (Fsp3) is 0.190. The first kappa shape index (κ1) is 20.2. The van der Waals surface area contributed by atoms with Gasteiger partial charge in [-0.05, 0) is 42.8 Å². The molecule has 0 amide bonds. The smallest absolute Gasteiger partial charge is 0.166 e. The van der Waals surface area contributed by atoms with E-state index < -0.39 is 11.9 Å². The van der Waals surface area contributed by atoms with E-state index in [2.05, 4.69) is 4.98 Å². The monoisotopic (exact) mass is 419 g/mol. The highest BCUT2D eigenvalue weighted by Gasteiger charge is 2.20. The Kier molecular flexibility index (Phi) is 5.96. The third-order valence-electron chi connectivity index (χ3n) is 4.39. The molecule has 28 heavy (non-hydrogen) atoms. The van der Waals surface area contributed by atoms with E-state index in [0.717, 1.165) is 16.8 Å². The van der Waals surface area contributed by atoms with Crippen LogP contribution in [0.5, 0.6) is 5.75 Å². The molecule has 2 aromatic carbocycles. The number of benzene rings is 2. The van der Waals surface area contributed by atoms with Crippen molar-refractivity contribution < 1.29 is 9.13 Å². The Morgan fingerprint density at radius 2 is 1.75 bits per heavy atom. The summed E-state index contributed by atoms with van der Waals surface area (Å²) in [7, 11) is 3.96. The van der Waals surface area contributed by atoms with Gasteiger partial charge in [0.05, 0.1) is 5.02 Å². The number of nitrogens with zero attached hydrogens (tertiary/aromatic N) is 2. The molecule has 0 aliphatic rings. The molecule has 2 N–H and O–H groups in total. The third kappa shape index (κ3) is 4.16. The highest BCUT2D eigenvalue weighted by molar-refractivity contribution is 6.36. The van der Waals surface area contributed by atoms with E-state index in [0.29, 0.717) is 16.3 Å². The second kappa shape index (κ2) is 8.25. The second-order valence-electron chi connectivity index (χ2n) is 6.57. The summed E-state index contributed by atoms with van der Waals surface area (Å²) in [5.74, 6) is 0.0413. The number of hydrogen-bond acceptors (Lipinski definition) is 4. The highest BCUT2D eigenvalue weighted by atomic mass is 35.5. The van der Waals surface area contributed by atoms with Crippen LogP contribution in [0.2, 0.25) is 10.0 Å². The average Bonchev–Trinajstić information content (AvgIpc) is 2.67. The van der Waals surface area contributed by atoms with Crippen molar-refractivity contribution in [2.24, 2.45) is 0 Å². The van der Waals surface area contributed by atoms with Crippen molar-refractivity contribution in [1.29, 1.82) is 0 Å². The van der Waals surface area contributed by atoms with Gasteiger partial charge in [0, 0.05) is 42.1 Å². The van der Waals surface area contributed by atoms with Crippen LogP contribution in [0.4, 0.5) is 15.9 Å². The van der Waals surface area contributed by atoms with E-state index in [1.165, 1.54) is 12.1 Å². The molecule has 0 spiro atoms. The number of nitrogen functional groups attached to an aromatic ring is 1. The Hall–Kier alpha value is -2.50. The number of nitrogens with two attached hydrogens (primary N) is 1. The van der Waals surface area contributed by atoms with E-state index >= 15 is 0 Å². The van der Waals surface area contributed by atoms with Gasteiger partial charge in [0.25, 0.3) is 0 Å².